The molecule has 0 radical (unpaired) electrons. The SMILES string of the molecule is CNC(=O)c1ccc(NS(=O)(=O)c2ccc(Br)cc2Cl)cc1. The number of anilines is 1. The molecule has 0 heterocycles. The highest BCUT2D eigenvalue weighted by Crippen LogP contribution is 2.27. The van der Waals surface area contributed by atoms with Crippen LogP contribution in [0, 0.1) is 0 Å². The van der Waals surface area contributed by atoms with Gasteiger partial charge in [-0.2, -0.15) is 0 Å². The van der Waals surface area contributed by atoms with Gasteiger partial charge in [-0.3, -0.25) is 9.52 Å². The topological polar surface area (TPSA) is 75.3 Å². The van der Waals surface area contributed by atoms with E-state index >= 15 is 0 Å². The highest BCUT2D eigenvalue weighted by Gasteiger charge is 2.18. The lowest BCUT2D eigenvalue weighted by Crippen LogP contribution is -2.18. The van der Waals surface area contributed by atoms with Crippen LogP contribution in [0.1, 0.15) is 10.4 Å². The van der Waals surface area contributed by atoms with Gasteiger partial charge in [0, 0.05) is 22.8 Å². The van der Waals surface area contributed by atoms with Gasteiger partial charge in [0.2, 0.25) is 0 Å². The van der Waals surface area contributed by atoms with Crippen LogP contribution in [0.25, 0.3) is 0 Å². The van der Waals surface area contributed by atoms with Crippen LogP contribution in [0.5, 0.6) is 0 Å². The van der Waals surface area contributed by atoms with Crippen LogP contribution in [0.4, 0.5) is 5.69 Å². The van der Waals surface area contributed by atoms with Crippen LogP contribution in [0.15, 0.2) is 51.8 Å². The fourth-order valence-electron chi connectivity index (χ4n) is 1.74. The molecule has 0 fully saturated rings. The highest BCUT2D eigenvalue weighted by molar-refractivity contribution is 9.10. The number of hydrogen-bond acceptors (Lipinski definition) is 3. The normalized spacial score (nSPS) is 11.0. The van der Waals surface area contributed by atoms with Crippen LogP contribution in [-0.4, -0.2) is 21.4 Å². The van der Waals surface area contributed by atoms with E-state index in [1.807, 2.05) is 0 Å². The number of benzene rings is 2. The number of nitrogens with one attached hydrogen (secondary N) is 2. The molecule has 0 aliphatic carbocycles. The van der Waals surface area contributed by atoms with E-state index in [9.17, 15) is 13.2 Å². The largest absolute Gasteiger partial charge is 0.355 e. The van der Waals surface area contributed by atoms with E-state index in [-0.39, 0.29) is 15.8 Å². The Morgan fingerprint density at radius 1 is 1.14 bits per heavy atom. The Labute approximate surface area is 141 Å². The molecule has 0 unspecified atom stereocenters. The third-order valence-electron chi connectivity index (χ3n) is 2.81. The number of rotatable bonds is 4. The molecule has 0 aliphatic heterocycles. The molecule has 2 rings (SSSR count). The minimum Gasteiger partial charge on any atom is -0.355 e. The molecule has 2 aromatic carbocycles. The van der Waals surface area contributed by atoms with Gasteiger partial charge in [-0.25, -0.2) is 8.42 Å². The third kappa shape index (κ3) is 3.79. The lowest BCUT2D eigenvalue weighted by molar-refractivity contribution is 0.0963. The predicted molar refractivity (Wildman–Crippen MR) is 89.8 cm³/mol. The van der Waals surface area contributed by atoms with Crippen LogP contribution in [-0.2, 0) is 10.0 Å². The summed E-state index contributed by atoms with van der Waals surface area (Å²) in [5.74, 6) is -0.245. The van der Waals surface area contributed by atoms with E-state index in [0.717, 1.165) is 0 Å². The molecule has 1 amide bonds. The molecule has 116 valence electrons. The van der Waals surface area contributed by atoms with Crippen molar-refractivity contribution in [1.29, 1.82) is 0 Å². The van der Waals surface area contributed by atoms with Crippen LogP contribution < -0.4 is 10.0 Å². The summed E-state index contributed by atoms with van der Waals surface area (Å²) in [7, 11) is -2.28. The monoisotopic (exact) mass is 402 g/mol. The summed E-state index contributed by atoms with van der Waals surface area (Å²) in [6, 6.07) is 10.6. The molecule has 8 heteroatoms. The molecule has 2 N–H and O–H groups in total. The molecule has 0 saturated heterocycles. The molecular formula is C14H12BrClN2O3S. The molecule has 2 aromatic rings. The van der Waals surface area contributed by atoms with Crippen LogP contribution in [0.2, 0.25) is 5.02 Å². The third-order valence-corrected chi connectivity index (χ3v) is 5.17. The van der Waals surface area contributed by atoms with Crippen molar-refractivity contribution in [2.75, 3.05) is 11.8 Å². The summed E-state index contributed by atoms with van der Waals surface area (Å²) in [6.45, 7) is 0. The van der Waals surface area contributed by atoms with E-state index in [0.29, 0.717) is 15.7 Å². The fourth-order valence-corrected chi connectivity index (χ4v) is 3.83. The molecule has 22 heavy (non-hydrogen) atoms. The van der Waals surface area contributed by atoms with Gasteiger partial charge in [0.05, 0.1) is 5.02 Å². The maximum atomic E-state index is 12.3. The Morgan fingerprint density at radius 2 is 1.77 bits per heavy atom. The summed E-state index contributed by atoms with van der Waals surface area (Å²) < 4.78 is 27.7. The van der Waals surface area contributed by atoms with Gasteiger partial charge < -0.3 is 5.32 Å². The summed E-state index contributed by atoms with van der Waals surface area (Å²) in [6.07, 6.45) is 0. The fraction of sp³-hybridized carbons (Fsp3) is 0.0714. The first kappa shape index (κ1) is 16.8. The smallest absolute Gasteiger partial charge is 0.263 e. The zero-order valence-electron chi connectivity index (χ0n) is 11.4. The summed E-state index contributed by atoms with van der Waals surface area (Å²) >= 11 is 9.18. The van der Waals surface area contributed by atoms with E-state index in [1.165, 1.54) is 43.4 Å². The number of amides is 1. The Hall–Kier alpha value is -1.57. The van der Waals surface area contributed by atoms with Gasteiger partial charge in [0.25, 0.3) is 15.9 Å². The molecule has 0 atom stereocenters. The lowest BCUT2D eigenvalue weighted by Gasteiger charge is -2.10. The summed E-state index contributed by atoms with van der Waals surface area (Å²) in [5, 5.41) is 2.60. The molecule has 0 spiro atoms. The predicted octanol–water partition coefficient (Wildman–Crippen LogP) is 3.26. The van der Waals surface area contributed by atoms with Gasteiger partial charge in [0.15, 0.2) is 0 Å². The van der Waals surface area contributed by atoms with Gasteiger partial charge in [-0.15, -0.1) is 0 Å². The Bertz CT molecular complexity index is 807. The number of sulfonamides is 1. The number of halogens is 2. The lowest BCUT2D eigenvalue weighted by atomic mass is 10.2. The van der Waals surface area contributed by atoms with Crippen molar-refractivity contribution >= 4 is 49.1 Å². The minimum atomic E-state index is -3.80. The maximum absolute atomic E-state index is 12.3. The molecule has 5 nitrogen and oxygen atoms in total. The quantitative estimate of drug-likeness (QED) is 0.823. The Kier molecular flexibility index (Phi) is 5.10. The van der Waals surface area contributed by atoms with Crippen LogP contribution in [0.3, 0.4) is 0 Å². The second-order valence-electron chi connectivity index (χ2n) is 4.34. The van der Waals surface area contributed by atoms with Crippen LogP contribution >= 0.6 is 27.5 Å². The molecule has 0 saturated carbocycles. The molecule has 0 aliphatic rings. The van der Waals surface area contributed by atoms with Gasteiger partial charge in [-0.1, -0.05) is 27.5 Å². The second-order valence-corrected chi connectivity index (χ2v) is 7.31. The first-order chi connectivity index (χ1) is 10.3. The number of carbonyl (C=O) groups excluding carboxylic acids is 1. The average Bonchev–Trinajstić information content (AvgIpc) is 2.46. The van der Waals surface area contributed by atoms with Crippen molar-refractivity contribution in [3.63, 3.8) is 0 Å². The van der Waals surface area contributed by atoms with E-state index in [2.05, 4.69) is 26.0 Å². The molecule has 0 bridgehead atoms. The minimum absolute atomic E-state index is 0.0206. The standard InChI is InChI=1S/C14H12BrClN2O3S/c1-17-14(19)9-2-5-11(6-3-9)18-22(20,21)13-7-4-10(15)8-12(13)16/h2-8,18H,1H3,(H,17,19). The Morgan fingerprint density at radius 3 is 2.32 bits per heavy atom. The average molecular weight is 404 g/mol. The van der Waals surface area contributed by atoms with E-state index in [1.54, 1.807) is 6.07 Å². The molecule has 0 aromatic heterocycles. The summed E-state index contributed by atoms with van der Waals surface area (Å²) in [5.41, 5.74) is 0.777. The number of carbonyl (C=O) groups is 1. The first-order valence-corrected chi connectivity index (χ1v) is 8.79. The van der Waals surface area contributed by atoms with E-state index in [4.69, 9.17) is 11.6 Å². The van der Waals surface area contributed by atoms with Crippen molar-refractivity contribution in [3.05, 3.63) is 57.5 Å². The van der Waals surface area contributed by atoms with Gasteiger partial charge in [0.1, 0.15) is 4.90 Å². The van der Waals surface area contributed by atoms with Crippen molar-refractivity contribution < 1.29 is 13.2 Å². The molecular weight excluding hydrogens is 392 g/mol. The Balaban J connectivity index is 2.27. The van der Waals surface area contributed by atoms with Crippen molar-refractivity contribution in [2.45, 2.75) is 4.90 Å². The zero-order chi connectivity index (χ0) is 16.3. The van der Waals surface area contributed by atoms with Crippen molar-refractivity contribution in [3.8, 4) is 0 Å². The van der Waals surface area contributed by atoms with Crippen molar-refractivity contribution in [2.24, 2.45) is 0 Å². The number of hydrogen-bond donors (Lipinski definition) is 2. The second kappa shape index (κ2) is 6.68. The zero-order valence-corrected chi connectivity index (χ0v) is 14.6. The first-order valence-electron chi connectivity index (χ1n) is 6.13. The van der Waals surface area contributed by atoms with Gasteiger partial charge in [-0.05, 0) is 42.5 Å². The summed E-state index contributed by atoms with van der Waals surface area (Å²) in [4.78, 5) is 11.4. The van der Waals surface area contributed by atoms with Gasteiger partial charge >= 0.3 is 0 Å². The van der Waals surface area contributed by atoms with E-state index < -0.39 is 10.0 Å². The van der Waals surface area contributed by atoms with Crippen molar-refractivity contribution in [1.82, 2.24) is 5.32 Å². The maximum Gasteiger partial charge on any atom is 0.263 e. The highest BCUT2D eigenvalue weighted by atomic mass is 79.9.